The van der Waals surface area contributed by atoms with E-state index in [0.29, 0.717) is 5.58 Å². The van der Waals surface area contributed by atoms with E-state index in [9.17, 15) is 10.1 Å². The monoisotopic (exact) mass is 207 g/mol. The molecule has 0 N–H and O–H groups in total. The van der Waals surface area contributed by atoms with Crippen LogP contribution in [0.25, 0.3) is 11.0 Å². The van der Waals surface area contributed by atoms with Crippen LogP contribution in [0.15, 0.2) is 28.7 Å². The number of fused-ring (bicyclic) bond motifs is 1. The van der Waals surface area contributed by atoms with Crippen LogP contribution in [0.4, 0.5) is 5.69 Å². The van der Waals surface area contributed by atoms with Crippen molar-refractivity contribution in [2.75, 3.05) is 0 Å². The summed E-state index contributed by atoms with van der Waals surface area (Å²) in [6, 6.07) is 6.33. The summed E-state index contributed by atoms with van der Waals surface area (Å²) in [5.41, 5.74) is 0.774. The fraction of sp³-hybridized carbons (Fsp3) is 0.273. The number of hydrogen-bond acceptors (Lipinski definition) is 3. The van der Waals surface area contributed by atoms with E-state index in [1.807, 2.05) is 20.8 Å². The Labute approximate surface area is 87.7 Å². The van der Waals surface area contributed by atoms with Gasteiger partial charge in [-0.1, -0.05) is 13.8 Å². The number of non-ortho nitro benzene ring substituents is 1. The molecule has 2 rings (SSSR count). The number of nitrogens with zero attached hydrogens (tertiary/aromatic N) is 1. The van der Waals surface area contributed by atoms with Gasteiger partial charge in [0.1, 0.15) is 11.3 Å². The van der Waals surface area contributed by atoms with E-state index in [1.165, 1.54) is 12.1 Å². The van der Waals surface area contributed by atoms with E-state index in [2.05, 4.69) is 0 Å². The normalized spacial score (nSPS) is 9.53. The van der Waals surface area contributed by atoms with Gasteiger partial charge in [-0.15, -0.1) is 0 Å². The number of furan rings is 1. The van der Waals surface area contributed by atoms with E-state index in [1.54, 1.807) is 12.1 Å². The van der Waals surface area contributed by atoms with Gasteiger partial charge in [0.05, 0.1) is 4.92 Å². The molecule has 0 unspecified atom stereocenters. The number of nitro groups is 1. The molecule has 4 nitrogen and oxygen atoms in total. The van der Waals surface area contributed by atoms with Gasteiger partial charge < -0.3 is 4.42 Å². The molecule has 0 bridgehead atoms. The standard InChI is InChI=1S/C9H7NO3.C2H6/c1-6-4-7-5-8(10(11)12)2-3-9(7)13-6;1-2/h2-5H,1H3;1-2H3. The van der Waals surface area contributed by atoms with Crippen LogP contribution < -0.4 is 0 Å². The number of aryl methyl sites for hydroxylation is 1. The molecule has 0 amide bonds. The summed E-state index contributed by atoms with van der Waals surface area (Å²) in [5, 5.41) is 11.2. The molecule has 0 atom stereocenters. The van der Waals surface area contributed by atoms with Crippen molar-refractivity contribution in [1.29, 1.82) is 0 Å². The zero-order valence-electron chi connectivity index (χ0n) is 8.98. The van der Waals surface area contributed by atoms with Crippen LogP contribution >= 0.6 is 0 Å². The van der Waals surface area contributed by atoms with Crippen LogP contribution in [0.3, 0.4) is 0 Å². The quantitative estimate of drug-likeness (QED) is 0.529. The smallest absolute Gasteiger partial charge is 0.270 e. The average molecular weight is 207 g/mol. The Morgan fingerprint density at radius 1 is 1.27 bits per heavy atom. The minimum atomic E-state index is -0.415. The van der Waals surface area contributed by atoms with Gasteiger partial charge >= 0.3 is 0 Å². The lowest BCUT2D eigenvalue weighted by atomic mass is 10.2. The molecule has 15 heavy (non-hydrogen) atoms. The first-order valence-electron chi connectivity index (χ1n) is 4.81. The van der Waals surface area contributed by atoms with Crippen LogP contribution in [0.5, 0.6) is 0 Å². The highest BCUT2D eigenvalue weighted by Gasteiger charge is 2.07. The van der Waals surface area contributed by atoms with Gasteiger partial charge in [0.15, 0.2) is 0 Å². The number of nitro benzene ring substituents is 1. The first-order chi connectivity index (χ1) is 7.16. The zero-order valence-corrected chi connectivity index (χ0v) is 8.98. The molecular weight excluding hydrogens is 194 g/mol. The third-order valence-electron chi connectivity index (χ3n) is 1.83. The maximum atomic E-state index is 10.4. The second-order valence-electron chi connectivity index (χ2n) is 2.84. The van der Waals surface area contributed by atoms with Crippen molar-refractivity contribution < 1.29 is 9.34 Å². The zero-order chi connectivity index (χ0) is 11.4. The van der Waals surface area contributed by atoms with Crippen molar-refractivity contribution in [3.63, 3.8) is 0 Å². The lowest BCUT2D eigenvalue weighted by Gasteiger charge is -1.89. The van der Waals surface area contributed by atoms with Crippen LogP contribution in [0.1, 0.15) is 19.6 Å². The van der Waals surface area contributed by atoms with Gasteiger partial charge in [-0.2, -0.15) is 0 Å². The van der Waals surface area contributed by atoms with Crippen molar-refractivity contribution in [1.82, 2.24) is 0 Å². The number of benzene rings is 1. The Kier molecular flexibility index (Phi) is 3.44. The first kappa shape index (κ1) is 11.2. The molecule has 0 aliphatic heterocycles. The molecule has 0 saturated carbocycles. The lowest BCUT2D eigenvalue weighted by molar-refractivity contribution is -0.384. The van der Waals surface area contributed by atoms with E-state index in [0.717, 1.165) is 11.1 Å². The van der Waals surface area contributed by atoms with Gasteiger partial charge in [-0.3, -0.25) is 10.1 Å². The molecule has 1 aromatic heterocycles. The molecule has 1 aromatic carbocycles. The molecule has 0 aliphatic carbocycles. The number of hydrogen-bond donors (Lipinski definition) is 0. The molecule has 0 fully saturated rings. The van der Waals surface area contributed by atoms with Crippen molar-refractivity contribution >= 4 is 16.7 Å². The van der Waals surface area contributed by atoms with Crippen molar-refractivity contribution in [2.24, 2.45) is 0 Å². The van der Waals surface area contributed by atoms with Crippen molar-refractivity contribution in [3.8, 4) is 0 Å². The molecule has 80 valence electrons. The van der Waals surface area contributed by atoms with E-state index >= 15 is 0 Å². The maximum Gasteiger partial charge on any atom is 0.270 e. The van der Waals surface area contributed by atoms with E-state index in [-0.39, 0.29) is 5.69 Å². The summed E-state index contributed by atoms with van der Waals surface area (Å²) in [4.78, 5) is 10.0. The molecular formula is C11H13NO3. The highest BCUT2D eigenvalue weighted by atomic mass is 16.6. The predicted molar refractivity (Wildman–Crippen MR) is 59.0 cm³/mol. The molecule has 0 aliphatic rings. The van der Waals surface area contributed by atoms with Crippen LogP contribution in [0.2, 0.25) is 0 Å². The average Bonchev–Trinajstić information content (AvgIpc) is 2.59. The van der Waals surface area contributed by atoms with Crippen LogP contribution in [-0.2, 0) is 0 Å². The lowest BCUT2D eigenvalue weighted by Crippen LogP contribution is -1.85. The summed E-state index contributed by atoms with van der Waals surface area (Å²) in [6.07, 6.45) is 0. The van der Waals surface area contributed by atoms with Gasteiger partial charge in [-0.25, -0.2) is 0 Å². The van der Waals surface area contributed by atoms with Crippen molar-refractivity contribution in [3.05, 3.63) is 40.1 Å². The van der Waals surface area contributed by atoms with Gasteiger partial charge in [0.2, 0.25) is 0 Å². The highest BCUT2D eigenvalue weighted by Crippen LogP contribution is 2.23. The Morgan fingerprint density at radius 2 is 1.93 bits per heavy atom. The van der Waals surface area contributed by atoms with Gasteiger partial charge in [-0.05, 0) is 19.1 Å². The van der Waals surface area contributed by atoms with Gasteiger partial charge in [0, 0.05) is 17.5 Å². The molecule has 4 heteroatoms. The number of rotatable bonds is 1. The van der Waals surface area contributed by atoms with Crippen LogP contribution in [0, 0.1) is 17.0 Å². The highest BCUT2D eigenvalue weighted by molar-refractivity contribution is 5.80. The minimum Gasteiger partial charge on any atom is -0.461 e. The Hall–Kier alpha value is -1.84. The summed E-state index contributed by atoms with van der Waals surface area (Å²) in [5.74, 6) is 0.760. The predicted octanol–water partition coefficient (Wildman–Crippen LogP) is 3.68. The second-order valence-corrected chi connectivity index (χ2v) is 2.84. The Morgan fingerprint density at radius 3 is 2.53 bits per heavy atom. The molecule has 0 radical (unpaired) electrons. The largest absolute Gasteiger partial charge is 0.461 e. The molecule has 1 heterocycles. The van der Waals surface area contributed by atoms with E-state index in [4.69, 9.17) is 4.42 Å². The van der Waals surface area contributed by atoms with Gasteiger partial charge in [0.25, 0.3) is 5.69 Å². The fourth-order valence-corrected chi connectivity index (χ4v) is 1.28. The SMILES string of the molecule is CC.Cc1cc2cc([N+](=O)[O-])ccc2o1. The summed E-state index contributed by atoms with van der Waals surface area (Å²) >= 11 is 0. The summed E-state index contributed by atoms with van der Waals surface area (Å²) < 4.78 is 5.28. The van der Waals surface area contributed by atoms with E-state index < -0.39 is 4.92 Å². The first-order valence-corrected chi connectivity index (χ1v) is 4.81. The maximum absolute atomic E-state index is 10.4. The molecule has 0 saturated heterocycles. The second kappa shape index (κ2) is 4.59. The Balaban J connectivity index is 0.000000531. The Bertz CT molecular complexity index is 474. The van der Waals surface area contributed by atoms with Crippen LogP contribution in [-0.4, -0.2) is 4.92 Å². The van der Waals surface area contributed by atoms with Crippen molar-refractivity contribution in [2.45, 2.75) is 20.8 Å². The summed E-state index contributed by atoms with van der Waals surface area (Å²) in [7, 11) is 0. The fourth-order valence-electron chi connectivity index (χ4n) is 1.28. The summed E-state index contributed by atoms with van der Waals surface area (Å²) in [6.45, 7) is 5.81. The molecule has 0 spiro atoms. The molecule has 2 aromatic rings. The topological polar surface area (TPSA) is 56.3 Å². The third kappa shape index (κ3) is 2.34. The minimum absolute atomic E-state index is 0.0910. The third-order valence-corrected chi connectivity index (χ3v) is 1.83.